The summed E-state index contributed by atoms with van der Waals surface area (Å²) in [6.45, 7) is 15.7. The van der Waals surface area contributed by atoms with Crippen LogP contribution in [0.2, 0.25) is 0 Å². The van der Waals surface area contributed by atoms with E-state index < -0.39 is 5.41 Å². The first-order chi connectivity index (χ1) is 19.2. The van der Waals surface area contributed by atoms with Gasteiger partial charge >= 0.3 is 0 Å². The Morgan fingerprint density at radius 1 is 1.00 bits per heavy atom. The quantitative estimate of drug-likeness (QED) is 0.338. The van der Waals surface area contributed by atoms with Gasteiger partial charge in [0, 0.05) is 29.2 Å². The third kappa shape index (κ3) is 4.49. The Balaban J connectivity index is 1.56. The molecule has 5 aliphatic rings. The van der Waals surface area contributed by atoms with Crippen molar-refractivity contribution in [1.29, 1.82) is 5.26 Å². The first-order valence-electron chi connectivity index (χ1n) is 16.4. The molecule has 3 saturated carbocycles. The molecule has 0 radical (unpaired) electrons. The van der Waals surface area contributed by atoms with Crippen LogP contribution in [0.4, 0.5) is 0 Å². The molecule has 0 aromatic heterocycles. The minimum Gasteiger partial charge on any atom is -0.350 e. The molecule has 5 heteroatoms. The lowest BCUT2D eigenvalue weighted by molar-refractivity contribution is -0.162. The fraction of sp³-hybridized carbons (Fsp3) is 0.778. The average molecular weight is 561 g/mol. The van der Waals surface area contributed by atoms with Crippen LogP contribution >= 0.6 is 0 Å². The summed E-state index contributed by atoms with van der Waals surface area (Å²) in [5.41, 5.74) is 0.241. The molecule has 3 fully saturated rings. The molecule has 0 heterocycles. The molecule has 0 aromatic rings. The van der Waals surface area contributed by atoms with Crippen molar-refractivity contribution in [3.63, 3.8) is 0 Å². The third-order valence-electron chi connectivity index (χ3n) is 13.2. The SMILES string of the molecule is CCCCCCC(=O)NC12CCC(C)(C)CC1C1C(=O)C=C3C4(C)C=C(C#N)C(=O)C(C)C4CCC3(C)C1(C)CC2. The van der Waals surface area contributed by atoms with E-state index in [2.05, 4.69) is 52.9 Å². The van der Waals surface area contributed by atoms with Gasteiger partial charge in [-0.3, -0.25) is 14.4 Å². The number of hydrogen-bond donors (Lipinski definition) is 1. The van der Waals surface area contributed by atoms with Crippen molar-refractivity contribution in [1.82, 2.24) is 5.32 Å². The average Bonchev–Trinajstić information content (AvgIpc) is 2.91. The lowest BCUT2D eigenvalue weighted by Crippen LogP contribution is -2.69. The Morgan fingerprint density at radius 3 is 2.39 bits per heavy atom. The number of ketones is 2. The summed E-state index contributed by atoms with van der Waals surface area (Å²) in [4.78, 5) is 40.9. The van der Waals surface area contributed by atoms with Crippen LogP contribution < -0.4 is 5.32 Å². The maximum absolute atomic E-state index is 14.5. The van der Waals surface area contributed by atoms with E-state index in [9.17, 15) is 19.6 Å². The predicted octanol–water partition coefficient (Wildman–Crippen LogP) is 7.65. The number of carbonyl (C=O) groups is 3. The number of carbonyl (C=O) groups excluding carboxylic acids is 3. The summed E-state index contributed by atoms with van der Waals surface area (Å²) < 4.78 is 0. The van der Waals surface area contributed by atoms with Gasteiger partial charge in [0.15, 0.2) is 11.6 Å². The van der Waals surface area contributed by atoms with Crippen molar-refractivity contribution in [2.45, 2.75) is 131 Å². The largest absolute Gasteiger partial charge is 0.350 e. The number of hydrogen-bond acceptors (Lipinski definition) is 4. The molecule has 41 heavy (non-hydrogen) atoms. The zero-order valence-corrected chi connectivity index (χ0v) is 26.6. The number of Topliss-reactive ketones (excluding diaryl/α,β-unsaturated/α-hetero) is 1. The number of fused-ring (bicyclic) bond motifs is 7. The van der Waals surface area contributed by atoms with Gasteiger partial charge in [0.25, 0.3) is 0 Å². The Morgan fingerprint density at radius 2 is 1.71 bits per heavy atom. The Bertz CT molecular complexity index is 1240. The summed E-state index contributed by atoms with van der Waals surface area (Å²) in [6, 6.07) is 2.18. The lowest BCUT2D eigenvalue weighted by atomic mass is 9.36. The number of rotatable bonds is 6. The van der Waals surface area contributed by atoms with Crippen LogP contribution in [0.5, 0.6) is 0 Å². The summed E-state index contributed by atoms with van der Waals surface area (Å²) in [5, 5.41) is 13.4. The van der Waals surface area contributed by atoms with E-state index >= 15 is 0 Å². The van der Waals surface area contributed by atoms with E-state index in [0.717, 1.165) is 76.2 Å². The van der Waals surface area contributed by atoms with Crippen molar-refractivity contribution in [2.75, 3.05) is 0 Å². The zero-order chi connectivity index (χ0) is 30.0. The smallest absolute Gasteiger partial charge is 0.220 e. The number of allylic oxidation sites excluding steroid dienone is 4. The van der Waals surface area contributed by atoms with Gasteiger partial charge in [0.05, 0.1) is 5.57 Å². The fourth-order valence-corrected chi connectivity index (χ4v) is 10.5. The highest BCUT2D eigenvalue weighted by Gasteiger charge is 2.69. The number of nitrogens with zero attached hydrogens (tertiary/aromatic N) is 1. The van der Waals surface area contributed by atoms with Crippen LogP contribution in [0.3, 0.4) is 0 Å². The highest BCUT2D eigenvalue weighted by atomic mass is 16.2. The van der Waals surface area contributed by atoms with Crippen molar-refractivity contribution < 1.29 is 14.4 Å². The lowest BCUT2D eigenvalue weighted by Gasteiger charge is -2.68. The van der Waals surface area contributed by atoms with E-state index in [1.54, 1.807) is 0 Å². The number of nitrogens with one attached hydrogen (secondary N) is 1. The van der Waals surface area contributed by atoms with Gasteiger partial charge in [-0.25, -0.2) is 0 Å². The van der Waals surface area contributed by atoms with E-state index in [0.29, 0.717) is 6.42 Å². The summed E-state index contributed by atoms with van der Waals surface area (Å²) in [7, 11) is 0. The molecule has 5 rings (SSSR count). The Hall–Kier alpha value is -2.22. The highest BCUT2D eigenvalue weighted by Crippen LogP contribution is 2.72. The van der Waals surface area contributed by atoms with Gasteiger partial charge in [0.2, 0.25) is 5.91 Å². The molecule has 5 aliphatic carbocycles. The van der Waals surface area contributed by atoms with Gasteiger partial charge in [-0.2, -0.15) is 5.26 Å². The minimum absolute atomic E-state index is 0.0530. The molecule has 0 saturated heterocycles. The van der Waals surface area contributed by atoms with E-state index in [-0.39, 0.29) is 68.5 Å². The number of unbranched alkanes of at least 4 members (excludes halogenated alkanes) is 3. The molecular formula is C36H52N2O3. The van der Waals surface area contributed by atoms with Crippen LogP contribution in [-0.4, -0.2) is 23.0 Å². The topological polar surface area (TPSA) is 87.0 Å². The Labute approximate surface area is 248 Å². The zero-order valence-electron chi connectivity index (χ0n) is 26.6. The third-order valence-corrected chi connectivity index (χ3v) is 13.2. The second-order valence-electron chi connectivity index (χ2n) is 15.9. The summed E-state index contributed by atoms with van der Waals surface area (Å²) in [6.07, 6.45) is 15.4. The van der Waals surface area contributed by atoms with Crippen molar-refractivity contribution in [2.24, 2.45) is 45.3 Å². The van der Waals surface area contributed by atoms with Crippen LogP contribution in [0, 0.1) is 56.7 Å². The molecular weight excluding hydrogens is 508 g/mol. The Kier molecular flexibility index (Phi) is 7.53. The second-order valence-corrected chi connectivity index (χ2v) is 15.9. The van der Waals surface area contributed by atoms with E-state index in [1.807, 2.05) is 19.1 Å². The highest BCUT2D eigenvalue weighted by molar-refractivity contribution is 6.02. The minimum atomic E-state index is -0.484. The molecule has 1 amide bonds. The van der Waals surface area contributed by atoms with Crippen molar-refractivity contribution in [3.05, 3.63) is 23.3 Å². The molecule has 8 atom stereocenters. The first kappa shape index (κ1) is 30.2. The molecule has 5 nitrogen and oxygen atoms in total. The molecule has 0 bridgehead atoms. The molecule has 8 unspecified atom stereocenters. The summed E-state index contributed by atoms with van der Waals surface area (Å²) >= 11 is 0. The predicted molar refractivity (Wildman–Crippen MR) is 161 cm³/mol. The first-order valence-corrected chi connectivity index (χ1v) is 16.4. The van der Waals surface area contributed by atoms with Crippen LogP contribution in [0.15, 0.2) is 23.3 Å². The molecule has 224 valence electrons. The van der Waals surface area contributed by atoms with Gasteiger partial charge < -0.3 is 5.32 Å². The standard InChI is InChI=1S/C36H52N2O3/c1-8-9-10-11-12-29(40)38-36-17-15-32(3,4)21-26(36)30-27(39)19-28-33(5)20-24(22-37)31(41)23(2)25(33)13-14-34(28,6)35(30,7)16-18-36/h19-20,23,25-26,30H,8-18,21H2,1-7H3,(H,38,40). The maximum atomic E-state index is 14.5. The van der Waals surface area contributed by atoms with Crippen LogP contribution in [0.1, 0.15) is 126 Å². The second kappa shape index (κ2) is 10.2. The van der Waals surface area contributed by atoms with Gasteiger partial charge in [-0.1, -0.05) is 79.4 Å². The fourth-order valence-electron chi connectivity index (χ4n) is 10.5. The number of nitriles is 1. The van der Waals surface area contributed by atoms with Crippen molar-refractivity contribution in [3.8, 4) is 6.07 Å². The van der Waals surface area contributed by atoms with Gasteiger partial charge in [-0.15, -0.1) is 0 Å². The number of amides is 1. The van der Waals surface area contributed by atoms with Gasteiger partial charge in [0.1, 0.15) is 6.07 Å². The van der Waals surface area contributed by atoms with E-state index in [1.165, 1.54) is 0 Å². The monoisotopic (exact) mass is 560 g/mol. The van der Waals surface area contributed by atoms with Crippen LogP contribution in [-0.2, 0) is 14.4 Å². The normalized spacial score (nSPS) is 42.9. The molecule has 0 aliphatic heterocycles. The van der Waals surface area contributed by atoms with E-state index in [4.69, 9.17) is 0 Å². The molecule has 0 spiro atoms. The molecule has 0 aromatic carbocycles. The van der Waals surface area contributed by atoms with Gasteiger partial charge in [-0.05, 0) is 85.5 Å². The van der Waals surface area contributed by atoms with Crippen LogP contribution in [0.25, 0.3) is 0 Å². The maximum Gasteiger partial charge on any atom is 0.220 e. The molecule has 1 N–H and O–H groups in total. The van der Waals surface area contributed by atoms with Crippen molar-refractivity contribution >= 4 is 17.5 Å². The summed E-state index contributed by atoms with van der Waals surface area (Å²) in [5.74, 6) is 0.133.